The van der Waals surface area contributed by atoms with Gasteiger partial charge >= 0.3 is 0 Å². The maximum Gasteiger partial charge on any atom is 0.229 e. The van der Waals surface area contributed by atoms with Crippen molar-refractivity contribution in [3.05, 3.63) is 94.7 Å². The summed E-state index contributed by atoms with van der Waals surface area (Å²) in [6.45, 7) is 5.93. The highest BCUT2D eigenvalue weighted by Crippen LogP contribution is 2.20. The first-order valence-electron chi connectivity index (χ1n) is 10.4. The minimum Gasteiger partial charge on any atom is -0.324 e. The molecule has 2 aromatic heterocycles. The average molecular weight is 426 g/mol. The van der Waals surface area contributed by atoms with Crippen LogP contribution in [0.15, 0.2) is 60.9 Å². The van der Waals surface area contributed by atoms with Gasteiger partial charge in [-0.25, -0.2) is 14.1 Å². The SMILES string of the molecule is Cc1cc(C)cc(Nc2ncc(F)c(-n3cc(CC#CCc4ccccc4)c(C)n3)n2)c1. The Balaban J connectivity index is 1.52. The van der Waals surface area contributed by atoms with Gasteiger partial charge in [-0.1, -0.05) is 48.2 Å². The third-order valence-electron chi connectivity index (χ3n) is 4.96. The van der Waals surface area contributed by atoms with E-state index >= 15 is 0 Å². The number of hydrogen-bond acceptors (Lipinski definition) is 4. The molecule has 2 heterocycles. The van der Waals surface area contributed by atoms with Gasteiger partial charge in [0.2, 0.25) is 5.95 Å². The minimum absolute atomic E-state index is 0.0958. The second kappa shape index (κ2) is 9.44. The monoisotopic (exact) mass is 425 g/mol. The molecule has 6 heteroatoms. The zero-order valence-corrected chi connectivity index (χ0v) is 18.4. The molecule has 0 spiro atoms. The van der Waals surface area contributed by atoms with Gasteiger partial charge in [0.15, 0.2) is 11.6 Å². The molecule has 0 atom stereocenters. The van der Waals surface area contributed by atoms with Crippen LogP contribution < -0.4 is 5.32 Å². The number of halogens is 1. The van der Waals surface area contributed by atoms with E-state index in [1.807, 2.05) is 51.1 Å². The standard InChI is InChI=1S/C26H24FN5/c1-18-13-19(2)15-23(14-18)29-26-28-16-24(27)25(30-26)32-17-22(20(3)31-32)12-8-7-11-21-9-5-4-6-10-21/h4-6,9-10,13-17H,11-12H2,1-3H3,(H,28,29,30). The first kappa shape index (κ1) is 21.3. The van der Waals surface area contributed by atoms with Gasteiger partial charge in [-0.15, -0.1) is 0 Å². The molecule has 5 nitrogen and oxygen atoms in total. The zero-order chi connectivity index (χ0) is 22.5. The highest BCUT2D eigenvalue weighted by atomic mass is 19.1. The minimum atomic E-state index is -0.541. The smallest absolute Gasteiger partial charge is 0.229 e. The lowest BCUT2D eigenvalue weighted by Crippen LogP contribution is -2.06. The van der Waals surface area contributed by atoms with E-state index in [4.69, 9.17) is 0 Å². The van der Waals surface area contributed by atoms with E-state index in [2.05, 4.69) is 50.4 Å². The van der Waals surface area contributed by atoms with Crippen molar-refractivity contribution in [1.82, 2.24) is 19.7 Å². The molecule has 0 aliphatic heterocycles. The molecule has 0 aliphatic carbocycles. The second-order valence-corrected chi connectivity index (χ2v) is 7.74. The summed E-state index contributed by atoms with van der Waals surface area (Å²) in [7, 11) is 0. The summed E-state index contributed by atoms with van der Waals surface area (Å²) in [6, 6.07) is 16.2. The molecule has 0 saturated heterocycles. The van der Waals surface area contributed by atoms with Gasteiger partial charge in [-0.2, -0.15) is 10.1 Å². The van der Waals surface area contributed by atoms with Crippen molar-refractivity contribution in [2.45, 2.75) is 33.6 Å². The first-order chi connectivity index (χ1) is 15.5. The van der Waals surface area contributed by atoms with Crippen LogP contribution in [0.3, 0.4) is 0 Å². The predicted octanol–water partition coefficient (Wildman–Crippen LogP) is 5.26. The Hall–Kier alpha value is -3.98. The van der Waals surface area contributed by atoms with E-state index < -0.39 is 5.82 Å². The van der Waals surface area contributed by atoms with Gasteiger partial charge in [0.05, 0.1) is 11.9 Å². The normalized spacial score (nSPS) is 10.5. The molecule has 1 N–H and O–H groups in total. The van der Waals surface area contributed by atoms with Crippen LogP contribution in [0.5, 0.6) is 0 Å². The summed E-state index contributed by atoms with van der Waals surface area (Å²) in [6.07, 6.45) is 4.17. The van der Waals surface area contributed by atoms with Crippen molar-refractivity contribution in [1.29, 1.82) is 0 Å². The lowest BCUT2D eigenvalue weighted by molar-refractivity contribution is 0.593. The summed E-state index contributed by atoms with van der Waals surface area (Å²) in [5, 5.41) is 7.60. The highest BCUT2D eigenvalue weighted by Gasteiger charge is 2.13. The number of hydrogen-bond donors (Lipinski definition) is 1. The van der Waals surface area contributed by atoms with Crippen LogP contribution in [0, 0.1) is 38.4 Å². The Morgan fingerprint density at radius 2 is 1.69 bits per heavy atom. The number of benzene rings is 2. The van der Waals surface area contributed by atoms with Gasteiger partial charge in [-0.05, 0) is 49.6 Å². The Bertz CT molecular complexity index is 1280. The molecular formula is C26H24FN5. The maximum absolute atomic E-state index is 14.5. The number of rotatable bonds is 5. The van der Waals surface area contributed by atoms with Crippen LogP contribution in [0.1, 0.15) is 27.9 Å². The van der Waals surface area contributed by atoms with Crippen LogP contribution in [0.4, 0.5) is 16.0 Å². The third-order valence-corrected chi connectivity index (χ3v) is 4.96. The summed E-state index contributed by atoms with van der Waals surface area (Å²) < 4.78 is 16.0. The molecule has 32 heavy (non-hydrogen) atoms. The molecule has 2 aromatic carbocycles. The first-order valence-corrected chi connectivity index (χ1v) is 10.4. The molecule has 160 valence electrons. The van der Waals surface area contributed by atoms with Crippen molar-refractivity contribution in [3.8, 4) is 17.7 Å². The molecule has 0 unspecified atom stereocenters. The van der Waals surface area contributed by atoms with E-state index in [0.29, 0.717) is 18.8 Å². The number of nitrogens with one attached hydrogen (secondary N) is 1. The van der Waals surface area contributed by atoms with Crippen LogP contribution in [0.25, 0.3) is 5.82 Å². The predicted molar refractivity (Wildman–Crippen MR) is 125 cm³/mol. The lowest BCUT2D eigenvalue weighted by Gasteiger charge is -2.09. The molecule has 0 bridgehead atoms. The Morgan fingerprint density at radius 3 is 2.44 bits per heavy atom. The third kappa shape index (κ3) is 5.19. The van der Waals surface area contributed by atoms with Crippen LogP contribution in [-0.2, 0) is 12.8 Å². The number of aryl methyl sites for hydroxylation is 3. The molecule has 0 fully saturated rings. The van der Waals surface area contributed by atoms with E-state index in [1.54, 1.807) is 6.20 Å². The quantitative estimate of drug-likeness (QED) is 0.443. The van der Waals surface area contributed by atoms with Crippen LogP contribution >= 0.6 is 0 Å². The maximum atomic E-state index is 14.5. The average Bonchev–Trinajstić information content (AvgIpc) is 3.13. The summed E-state index contributed by atoms with van der Waals surface area (Å²) in [5.74, 6) is 6.23. The summed E-state index contributed by atoms with van der Waals surface area (Å²) in [4.78, 5) is 8.43. The van der Waals surface area contributed by atoms with E-state index in [-0.39, 0.29) is 5.82 Å². The number of aromatic nitrogens is 4. The van der Waals surface area contributed by atoms with Gasteiger partial charge in [-0.3, -0.25) is 0 Å². The Labute approximate surface area is 187 Å². The Morgan fingerprint density at radius 1 is 0.969 bits per heavy atom. The van der Waals surface area contributed by atoms with Gasteiger partial charge in [0.1, 0.15) is 0 Å². The molecule has 0 radical (unpaired) electrons. The van der Waals surface area contributed by atoms with E-state index in [9.17, 15) is 4.39 Å². The summed E-state index contributed by atoms with van der Waals surface area (Å²) >= 11 is 0. The largest absolute Gasteiger partial charge is 0.324 e. The molecule has 4 aromatic rings. The number of nitrogens with zero attached hydrogens (tertiary/aromatic N) is 4. The van der Waals surface area contributed by atoms with Crippen molar-refractivity contribution in [2.75, 3.05) is 5.32 Å². The second-order valence-electron chi connectivity index (χ2n) is 7.74. The fraction of sp³-hybridized carbons (Fsp3) is 0.192. The van der Waals surface area contributed by atoms with Crippen LogP contribution in [-0.4, -0.2) is 19.7 Å². The molecule has 0 aliphatic rings. The molecule has 0 saturated carbocycles. The zero-order valence-electron chi connectivity index (χ0n) is 18.4. The van der Waals surface area contributed by atoms with Crippen LogP contribution in [0.2, 0.25) is 0 Å². The summed E-state index contributed by atoms with van der Waals surface area (Å²) in [5.41, 5.74) is 6.00. The van der Waals surface area contributed by atoms with Crippen molar-refractivity contribution in [2.24, 2.45) is 0 Å². The molecular weight excluding hydrogens is 401 g/mol. The van der Waals surface area contributed by atoms with E-state index in [0.717, 1.165) is 34.3 Å². The van der Waals surface area contributed by atoms with Gasteiger partial charge in [0, 0.05) is 30.3 Å². The fourth-order valence-corrected chi connectivity index (χ4v) is 3.45. The van der Waals surface area contributed by atoms with E-state index in [1.165, 1.54) is 10.2 Å². The molecule has 4 rings (SSSR count). The van der Waals surface area contributed by atoms with Crippen molar-refractivity contribution >= 4 is 11.6 Å². The fourth-order valence-electron chi connectivity index (χ4n) is 3.45. The van der Waals surface area contributed by atoms with Gasteiger partial charge in [0.25, 0.3) is 0 Å². The lowest BCUT2D eigenvalue weighted by atomic mass is 10.1. The number of anilines is 2. The van der Waals surface area contributed by atoms with Crippen molar-refractivity contribution < 1.29 is 4.39 Å². The Kier molecular flexibility index (Phi) is 6.27. The van der Waals surface area contributed by atoms with Gasteiger partial charge < -0.3 is 5.32 Å². The molecule has 0 amide bonds. The highest BCUT2D eigenvalue weighted by molar-refractivity contribution is 5.56. The van der Waals surface area contributed by atoms with Crippen molar-refractivity contribution in [3.63, 3.8) is 0 Å². The topological polar surface area (TPSA) is 55.6 Å².